The molecule has 70 valence electrons. The van der Waals surface area contributed by atoms with Gasteiger partial charge in [-0.25, -0.2) is 0 Å². The van der Waals surface area contributed by atoms with Crippen LogP contribution in [0, 0.1) is 13.8 Å². The van der Waals surface area contributed by atoms with Crippen LogP contribution >= 0.6 is 0 Å². The van der Waals surface area contributed by atoms with Crippen LogP contribution in [0.25, 0.3) is 10.4 Å². The maximum Gasteiger partial charge on any atom is 0.0629 e. The summed E-state index contributed by atoms with van der Waals surface area (Å²) >= 11 is 0. The maximum absolute atomic E-state index is 8.20. The zero-order valence-electron chi connectivity index (χ0n) is 8.15. The number of aryl methyl sites for hydroxylation is 2. The third-order valence-corrected chi connectivity index (χ3v) is 2.12. The number of azide groups is 1. The zero-order chi connectivity index (χ0) is 9.84. The predicted octanol–water partition coefficient (Wildman–Crippen LogP) is 2.33. The van der Waals surface area contributed by atoms with Gasteiger partial charge in [-0.3, -0.25) is 4.68 Å². The Morgan fingerprint density at radius 2 is 2.23 bits per heavy atom. The van der Waals surface area contributed by atoms with Crippen molar-refractivity contribution in [1.82, 2.24) is 9.78 Å². The number of rotatable bonds is 3. The topological polar surface area (TPSA) is 66.6 Å². The molecule has 0 aromatic carbocycles. The molecule has 1 rings (SSSR count). The minimum Gasteiger partial charge on any atom is -0.270 e. The van der Waals surface area contributed by atoms with Gasteiger partial charge in [0.2, 0.25) is 0 Å². The van der Waals surface area contributed by atoms with E-state index in [1.807, 2.05) is 25.5 Å². The van der Waals surface area contributed by atoms with Gasteiger partial charge < -0.3 is 0 Å². The normalized spacial score (nSPS) is 9.77. The Morgan fingerprint density at radius 3 is 2.69 bits per heavy atom. The Balaban J connectivity index is 3.05. The van der Waals surface area contributed by atoms with Crippen LogP contribution in [0.2, 0.25) is 0 Å². The molecular weight excluding hydrogens is 166 g/mol. The fraction of sp³-hybridized carbons (Fsp3) is 0.625. The second-order valence-corrected chi connectivity index (χ2v) is 2.85. The van der Waals surface area contributed by atoms with E-state index in [1.165, 1.54) is 0 Å². The van der Waals surface area contributed by atoms with Crippen LogP contribution in [0.3, 0.4) is 0 Å². The van der Waals surface area contributed by atoms with E-state index < -0.39 is 0 Å². The molecule has 0 unspecified atom stereocenters. The summed E-state index contributed by atoms with van der Waals surface area (Å²) in [5.41, 5.74) is 11.3. The average molecular weight is 179 g/mol. The van der Waals surface area contributed by atoms with Crippen LogP contribution in [-0.2, 0) is 13.1 Å². The van der Waals surface area contributed by atoms with Crippen LogP contribution in [0.15, 0.2) is 5.11 Å². The van der Waals surface area contributed by atoms with Crippen molar-refractivity contribution in [2.45, 2.75) is 33.9 Å². The van der Waals surface area contributed by atoms with E-state index in [4.69, 9.17) is 5.53 Å². The van der Waals surface area contributed by atoms with E-state index in [1.54, 1.807) is 0 Å². The van der Waals surface area contributed by atoms with Crippen molar-refractivity contribution in [2.75, 3.05) is 0 Å². The van der Waals surface area contributed by atoms with Crippen molar-refractivity contribution < 1.29 is 0 Å². The molecule has 0 aliphatic heterocycles. The van der Waals surface area contributed by atoms with Gasteiger partial charge in [0, 0.05) is 22.7 Å². The standard InChI is InChI=1S/C8H13N5/c1-4-13-7(3)8(5-10-12-9)6(2)11-13/h4-5H2,1-3H3. The largest absolute Gasteiger partial charge is 0.270 e. The highest BCUT2D eigenvalue weighted by Crippen LogP contribution is 2.13. The summed E-state index contributed by atoms with van der Waals surface area (Å²) in [6.07, 6.45) is 0. The molecule has 5 heteroatoms. The van der Waals surface area contributed by atoms with Gasteiger partial charge in [0.25, 0.3) is 0 Å². The summed E-state index contributed by atoms with van der Waals surface area (Å²) in [5.74, 6) is 0. The monoisotopic (exact) mass is 179 g/mol. The van der Waals surface area contributed by atoms with Gasteiger partial charge >= 0.3 is 0 Å². The lowest BCUT2D eigenvalue weighted by Crippen LogP contribution is -1.99. The lowest BCUT2D eigenvalue weighted by molar-refractivity contribution is 0.633. The summed E-state index contributed by atoms with van der Waals surface area (Å²) in [4.78, 5) is 2.74. The molecule has 0 saturated carbocycles. The lowest BCUT2D eigenvalue weighted by Gasteiger charge is -1.98. The van der Waals surface area contributed by atoms with Gasteiger partial charge in [0.15, 0.2) is 0 Å². The van der Waals surface area contributed by atoms with Crippen LogP contribution in [-0.4, -0.2) is 9.78 Å². The van der Waals surface area contributed by atoms with Crippen molar-refractivity contribution >= 4 is 0 Å². The first-order chi connectivity index (χ1) is 6.20. The smallest absolute Gasteiger partial charge is 0.0629 e. The molecule has 0 saturated heterocycles. The second kappa shape index (κ2) is 3.96. The summed E-state index contributed by atoms with van der Waals surface area (Å²) in [5, 5.41) is 7.85. The van der Waals surface area contributed by atoms with E-state index in [9.17, 15) is 0 Å². The van der Waals surface area contributed by atoms with E-state index >= 15 is 0 Å². The van der Waals surface area contributed by atoms with Crippen LogP contribution in [0.4, 0.5) is 0 Å². The number of hydrogen-bond acceptors (Lipinski definition) is 2. The molecule has 1 aromatic rings. The van der Waals surface area contributed by atoms with Crippen molar-refractivity contribution in [3.63, 3.8) is 0 Å². The molecule has 0 radical (unpaired) electrons. The molecule has 0 N–H and O–H groups in total. The van der Waals surface area contributed by atoms with E-state index in [-0.39, 0.29) is 0 Å². The molecule has 5 nitrogen and oxygen atoms in total. The molecule has 1 heterocycles. The first-order valence-electron chi connectivity index (χ1n) is 4.24. The molecule has 0 fully saturated rings. The van der Waals surface area contributed by atoms with Crippen LogP contribution in [0.1, 0.15) is 23.9 Å². The van der Waals surface area contributed by atoms with Gasteiger partial charge in [0.1, 0.15) is 0 Å². The third-order valence-electron chi connectivity index (χ3n) is 2.12. The van der Waals surface area contributed by atoms with Gasteiger partial charge in [0.05, 0.1) is 12.2 Å². The predicted molar refractivity (Wildman–Crippen MR) is 50.2 cm³/mol. The highest BCUT2D eigenvalue weighted by atomic mass is 15.3. The third kappa shape index (κ3) is 1.81. The highest BCUT2D eigenvalue weighted by molar-refractivity contribution is 5.24. The quantitative estimate of drug-likeness (QED) is 0.399. The fourth-order valence-corrected chi connectivity index (χ4v) is 1.37. The zero-order valence-corrected chi connectivity index (χ0v) is 8.15. The Hall–Kier alpha value is -1.48. The molecule has 0 amide bonds. The van der Waals surface area contributed by atoms with Gasteiger partial charge in [-0.2, -0.15) is 5.10 Å². The molecule has 0 spiro atoms. The fourth-order valence-electron chi connectivity index (χ4n) is 1.37. The number of hydrogen-bond donors (Lipinski definition) is 0. The van der Waals surface area contributed by atoms with Crippen molar-refractivity contribution in [3.8, 4) is 0 Å². The minimum absolute atomic E-state index is 0.397. The summed E-state index contributed by atoms with van der Waals surface area (Å²) in [6, 6.07) is 0. The maximum atomic E-state index is 8.20. The van der Waals surface area contributed by atoms with Crippen LogP contribution < -0.4 is 0 Å². The van der Waals surface area contributed by atoms with Crippen LogP contribution in [0.5, 0.6) is 0 Å². The number of aromatic nitrogens is 2. The molecule has 13 heavy (non-hydrogen) atoms. The molecule has 0 aliphatic rings. The Bertz CT molecular complexity index is 346. The van der Waals surface area contributed by atoms with Gasteiger partial charge in [-0.15, -0.1) is 0 Å². The molecule has 0 aliphatic carbocycles. The minimum atomic E-state index is 0.397. The summed E-state index contributed by atoms with van der Waals surface area (Å²) in [7, 11) is 0. The first-order valence-corrected chi connectivity index (χ1v) is 4.24. The summed E-state index contributed by atoms with van der Waals surface area (Å²) < 4.78 is 1.91. The van der Waals surface area contributed by atoms with Gasteiger partial charge in [-0.05, 0) is 26.3 Å². The van der Waals surface area contributed by atoms with E-state index in [0.29, 0.717) is 6.54 Å². The summed E-state index contributed by atoms with van der Waals surface area (Å²) in [6.45, 7) is 7.21. The van der Waals surface area contributed by atoms with Crippen molar-refractivity contribution in [3.05, 3.63) is 27.4 Å². The van der Waals surface area contributed by atoms with Crippen molar-refractivity contribution in [1.29, 1.82) is 0 Å². The van der Waals surface area contributed by atoms with E-state index in [0.717, 1.165) is 23.5 Å². The first kappa shape index (κ1) is 9.61. The van der Waals surface area contributed by atoms with Gasteiger partial charge in [-0.1, -0.05) is 5.11 Å². The molecule has 1 aromatic heterocycles. The Morgan fingerprint density at radius 1 is 1.54 bits per heavy atom. The Labute approximate surface area is 77.0 Å². The molecule has 0 atom stereocenters. The van der Waals surface area contributed by atoms with Crippen molar-refractivity contribution in [2.24, 2.45) is 5.11 Å². The second-order valence-electron chi connectivity index (χ2n) is 2.85. The SMILES string of the molecule is CCn1nc(C)c(CN=[N+]=[N-])c1C. The van der Waals surface area contributed by atoms with E-state index in [2.05, 4.69) is 15.1 Å². The molecular formula is C8H13N5. The lowest BCUT2D eigenvalue weighted by atomic mass is 10.2. The Kier molecular flexibility index (Phi) is 2.93. The highest BCUT2D eigenvalue weighted by Gasteiger charge is 2.08. The molecule has 0 bridgehead atoms. The number of nitrogens with zero attached hydrogens (tertiary/aromatic N) is 5. The average Bonchev–Trinajstić information content (AvgIpc) is 2.39.